The highest BCUT2D eigenvalue weighted by Gasteiger charge is 2.11. The van der Waals surface area contributed by atoms with Crippen molar-refractivity contribution in [3.05, 3.63) is 35.7 Å². The lowest BCUT2D eigenvalue weighted by Gasteiger charge is -2.02. The average molecular weight is 288 g/mol. The van der Waals surface area contributed by atoms with Crippen LogP contribution >= 0.6 is 15.9 Å². The van der Waals surface area contributed by atoms with Crippen LogP contribution in [-0.4, -0.2) is 14.8 Å². The van der Waals surface area contributed by atoms with Crippen LogP contribution in [0.4, 0.5) is 8.78 Å². The van der Waals surface area contributed by atoms with Crippen LogP contribution < -0.4 is 0 Å². The molecule has 2 aromatic rings. The molecule has 0 aliphatic carbocycles. The van der Waals surface area contributed by atoms with Gasteiger partial charge >= 0.3 is 0 Å². The molecule has 0 aliphatic rings. The van der Waals surface area contributed by atoms with E-state index < -0.39 is 11.6 Å². The molecule has 0 amide bonds. The van der Waals surface area contributed by atoms with Crippen molar-refractivity contribution in [1.82, 2.24) is 14.8 Å². The van der Waals surface area contributed by atoms with Crippen molar-refractivity contribution in [2.75, 3.05) is 0 Å². The summed E-state index contributed by atoms with van der Waals surface area (Å²) in [4.78, 5) is 0. The van der Waals surface area contributed by atoms with Crippen LogP contribution in [0.3, 0.4) is 0 Å². The van der Waals surface area contributed by atoms with Crippen molar-refractivity contribution in [2.24, 2.45) is 7.05 Å². The Morgan fingerprint density at radius 3 is 2.31 bits per heavy atom. The molecular weight excluding hydrogens is 280 g/mol. The summed E-state index contributed by atoms with van der Waals surface area (Å²) in [5.74, 6) is -0.121. The number of rotatable bonds is 2. The number of nitrogens with zero attached hydrogens (tertiary/aromatic N) is 3. The van der Waals surface area contributed by atoms with Crippen molar-refractivity contribution < 1.29 is 8.78 Å². The molecule has 0 saturated carbocycles. The van der Waals surface area contributed by atoms with Gasteiger partial charge in [0.25, 0.3) is 0 Å². The van der Waals surface area contributed by atoms with Crippen LogP contribution in [0.15, 0.2) is 18.2 Å². The van der Waals surface area contributed by atoms with Gasteiger partial charge in [-0.2, -0.15) is 0 Å². The lowest BCUT2D eigenvalue weighted by atomic mass is 10.2. The van der Waals surface area contributed by atoms with Gasteiger partial charge in [-0.05, 0) is 12.1 Å². The van der Waals surface area contributed by atoms with Crippen molar-refractivity contribution in [3.8, 4) is 11.4 Å². The molecule has 1 aromatic heterocycles. The Balaban J connectivity index is 2.54. The fourth-order valence-corrected chi connectivity index (χ4v) is 1.90. The minimum Gasteiger partial charge on any atom is -0.313 e. The lowest BCUT2D eigenvalue weighted by molar-refractivity contribution is 0.583. The topological polar surface area (TPSA) is 30.7 Å². The first-order valence-corrected chi connectivity index (χ1v) is 5.64. The first-order valence-electron chi connectivity index (χ1n) is 4.52. The predicted octanol–water partition coefficient (Wildman–Crippen LogP) is 2.66. The SMILES string of the molecule is Cn1c(CBr)nnc1-c1cc(F)cc(F)c1. The van der Waals surface area contributed by atoms with Gasteiger partial charge in [0.1, 0.15) is 17.5 Å². The summed E-state index contributed by atoms with van der Waals surface area (Å²) in [7, 11) is 1.74. The molecular formula is C10H8BrF2N3. The largest absolute Gasteiger partial charge is 0.313 e. The Hall–Kier alpha value is -1.30. The van der Waals surface area contributed by atoms with E-state index in [4.69, 9.17) is 0 Å². The van der Waals surface area contributed by atoms with Crippen LogP contribution in [0.25, 0.3) is 11.4 Å². The van der Waals surface area contributed by atoms with E-state index in [-0.39, 0.29) is 0 Å². The third-order valence-electron chi connectivity index (χ3n) is 2.21. The summed E-state index contributed by atoms with van der Waals surface area (Å²) in [6.45, 7) is 0. The summed E-state index contributed by atoms with van der Waals surface area (Å²) in [6, 6.07) is 3.28. The smallest absolute Gasteiger partial charge is 0.163 e. The molecule has 0 atom stereocenters. The predicted molar refractivity (Wildman–Crippen MR) is 59.0 cm³/mol. The van der Waals surface area contributed by atoms with Gasteiger partial charge < -0.3 is 4.57 Å². The van der Waals surface area contributed by atoms with Crippen LogP contribution in [0.2, 0.25) is 0 Å². The highest BCUT2D eigenvalue weighted by molar-refractivity contribution is 9.08. The second-order valence-electron chi connectivity index (χ2n) is 3.29. The van der Waals surface area contributed by atoms with E-state index in [2.05, 4.69) is 26.1 Å². The van der Waals surface area contributed by atoms with Crippen molar-refractivity contribution in [1.29, 1.82) is 0 Å². The second kappa shape index (κ2) is 4.29. The minimum absolute atomic E-state index is 0.375. The van der Waals surface area contributed by atoms with Gasteiger partial charge in [0.2, 0.25) is 0 Å². The molecule has 6 heteroatoms. The molecule has 0 unspecified atom stereocenters. The first kappa shape index (κ1) is 11.2. The van der Waals surface area contributed by atoms with Crippen LogP contribution in [0.5, 0.6) is 0 Å². The van der Waals surface area contributed by atoms with Gasteiger partial charge in [-0.1, -0.05) is 15.9 Å². The van der Waals surface area contributed by atoms with E-state index in [0.717, 1.165) is 6.07 Å². The Morgan fingerprint density at radius 1 is 1.19 bits per heavy atom. The molecule has 0 radical (unpaired) electrons. The molecule has 1 heterocycles. The zero-order valence-electron chi connectivity index (χ0n) is 8.41. The summed E-state index contributed by atoms with van der Waals surface area (Å²) < 4.78 is 27.7. The monoisotopic (exact) mass is 287 g/mol. The second-order valence-corrected chi connectivity index (χ2v) is 3.85. The van der Waals surface area contributed by atoms with Crippen LogP contribution in [-0.2, 0) is 12.4 Å². The van der Waals surface area contributed by atoms with E-state index in [9.17, 15) is 8.78 Å². The van der Waals surface area contributed by atoms with E-state index in [1.165, 1.54) is 12.1 Å². The normalized spacial score (nSPS) is 10.8. The first-order chi connectivity index (χ1) is 7.61. The fraction of sp³-hybridized carbons (Fsp3) is 0.200. The number of alkyl halides is 1. The van der Waals surface area contributed by atoms with Gasteiger partial charge in [0.15, 0.2) is 5.82 Å². The fourth-order valence-electron chi connectivity index (χ4n) is 1.41. The van der Waals surface area contributed by atoms with Crippen LogP contribution in [0, 0.1) is 11.6 Å². The molecule has 84 valence electrons. The van der Waals surface area contributed by atoms with Gasteiger partial charge in [-0.25, -0.2) is 8.78 Å². The third-order valence-corrected chi connectivity index (χ3v) is 2.71. The molecule has 1 aromatic carbocycles. The third kappa shape index (κ3) is 1.97. The molecule has 0 spiro atoms. The summed E-state index contributed by atoms with van der Waals surface area (Å²) in [5, 5.41) is 8.32. The number of hydrogen-bond acceptors (Lipinski definition) is 2. The molecule has 16 heavy (non-hydrogen) atoms. The quantitative estimate of drug-likeness (QED) is 0.795. The van der Waals surface area contributed by atoms with Crippen molar-refractivity contribution in [2.45, 2.75) is 5.33 Å². The van der Waals surface area contributed by atoms with Crippen molar-refractivity contribution in [3.63, 3.8) is 0 Å². The maximum Gasteiger partial charge on any atom is 0.163 e. The summed E-state index contributed by atoms with van der Waals surface area (Å²) in [6.07, 6.45) is 0. The van der Waals surface area contributed by atoms with E-state index >= 15 is 0 Å². The molecule has 0 N–H and O–H groups in total. The zero-order chi connectivity index (χ0) is 11.7. The molecule has 0 fully saturated rings. The molecule has 0 saturated heterocycles. The maximum absolute atomic E-state index is 13.0. The van der Waals surface area contributed by atoms with Gasteiger partial charge in [0.05, 0.1) is 5.33 Å². The zero-order valence-corrected chi connectivity index (χ0v) is 10.0. The summed E-state index contributed by atoms with van der Waals surface area (Å²) in [5.41, 5.74) is 0.375. The maximum atomic E-state index is 13.0. The highest BCUT2D eigenvalue weighted by atomic mass is 79.9. The van der Waals surface area contributed by atoms with E-state index in [0.29, 0.717) is 22.5 Å². The highest BCUT2D eigenvalue weighted by Crippen LogP contribution is 2.20. The number of benzene rings is 1. The molecule has 3 nitrogen and oxygen atoms in total. The van der Waals surface area contributed by atoms with Crippen LogP contribution in [0.1, 0.15) is 5.82 Å². The van der Waals surface area contributed by atoms with Gasteiger partial charge in [-0.15, -0.1) is 10.2 Å². The Labute approximate surface area is 99.2 Å². The number of aromatic nitrogens is 3. The average Bonchev–Trinajstić information content (AvgIpc) is 2.58. The molecule has 2 rings (SSSR count). The molecule has 0 aliphatic heterocycles. The standard InChI is InChI=1S/C10H8BrF2N3/c1-16-9(5-11)14-15-10(16)6-2-7(12)4-8(13)3-6/h2-4H,5H2,1H3. The Morgan fingerprint density at radius 2 is 1.81 bits per heavy atom. The lowest BCUT2D eigenvalue weighted by Crippen LogP contribution is -1.97. The summed E-state index contributed by atoms with van der Waals surface area (Å²) >= 11 is 3.25. The van der Waals surface area contributed by atoms with E-state index in [1.54, 1.807) is 11.6 Å². The Bertz CT molecular complexity index is 505. The Kier molecular flexibility index (Phi) is 3.00. The molecule has 0 bridgehead atoms. The number of hydrogen-bond donors (Lipinski definition) is 0. The van der Waals surface area contributed by atoms with Gasteiger partial charge in [0, 0.05) is 18.7 Å². The number of halogens is 3. The van der Waals surface area contributed by atoms with Crippen molar-refractivity contribution >= 4 is 15.9 Å². The van der Waals surface area contributed by atoms with Gasteiger partial charge in [-0.3, -0.25) is 0 Å². The van der Waals surface area contributed by atoms with E-state index in [1.807, 2.05) is 0 Å². The minimum atomic E-state index is -0.626.